The van der Waals surface area contributed by atoms with Crippen molar-refractivity contribution in [3.63, 3.8) is 0 Å². The van der Waals surface area contributed by atoms with Crippen molar-refractivity contribution in [2.75, 3.05) is 13.2 Å². The summed E-state index contributed by atoms with van der Waals surface area (Å²) in [7, 11) is 2.01. The lowest BCUT2D eigenvalue weighted by atomic mass is 10.0. The van der Waals surface area contributed by atoms with Gasteiger partial charge < -0.3 is 9.30 Å². The Labute approximate surface area is 193 Å². The van der Waals surface area contributed by atoms with Crippen LogP contribution in [-0.2, 0) is 11.8 Å². The van der Waals surface area contributed by atoms with E-state index in [1.807, 2.05) is 51.2 Å². The van der Waals surface area contributed by atoms with Crippen molar-refractivity contribution in [1.29, 1.82) is 0 Å². The quantitative estimate of drug-likeness (QED) is 0.432. The number of imide groups is 1. The average molecular weight is 449 g/mol. The van der Waals surface area contributed by atoms with Crippen molar-refractivity contribution in [2.45, 2.75) is 33.6 Å². The highest BCUT2D eigenvalue weighted by Crippen LogP contribution is 2.35. The van der Waals surface area contributed by atoms with Crippen LogP contribution in [0.25, 0.3) is 17.0 Å². The second kappa shape index (κ2) is 8.87. The van der Waals surface area contributed by atoms with Crippen molar-refractivity contribution in [3.05, 3.63) is 69.8 Å². The highest BCUT2D eigenvalue weighted by atomic mass is 32.2. The third-order valence-corrected chi connectivity index (χ3v) is 6.87. The van der Waals surface area contributed by atoms with Crippen LogP contribution in [0.1, 0.15) is 42.1 Å². The van der Waals surface area contributed by atoms with Gasteiger partial charge in [0.25, 0.3) is 11.1 Å². The third-order valence-electron chi connectivity index (χ3n) is 5.96. The summed E-state index contributed by atoms with van der Waals surface area (Å²) in [5, 5.41) is 0.819. The number of hydrogen-bond acceptors (Lipinski definition) is 4. The van der Waals surface area contributed by atoms with E-state index in [1.165, 1.54) is 4.90 Å². The van der Waals surface area contributed by atoms with Gasteiger partial charge in [-0.3, -0.25) is 14.5 Å². The molecule has 1 aliphatic rings. The van der Waals surface area contributed by atoms with E-state index < -0.39 is 0 Å². The van der Waals surface area contributed by atoms with Gasteiger partial charge in [-0.25, -0.2) is 0 Å². The van der Waals surface area contributed by atoms with Crippen LogP contribution in [0.2, 0.25) is 0 Å². The molecule has 1 saturated heterocycles. The molecule has 166 valence electrons. The summed E-state index contributed by atoms with van der Waals surface area (Å²) >= 11 is 0.994. The van der Waals surface area contributed by atoms with E-state index in [9.17, 15) is 9.59 Å². The Hall–Kier alpha value is -2.99. The van der Waals surface area contributed by atoms with E-state index in [4.69, 9.17) is 4.74 Å². The predicted octanol–water partition coefficient (Wildman–Crippen LogP) is 6.03. The fourth-order valence-electron chi connectivity index (χ4n) is 4.05. The number of amides is 2. The van der Waals surface area contributed by atoms with E-state index in [2.05, 4.69) is 36.6 Å². The number of benzene rings is 2. The van der Waals surface area contributed by atoms with Gasteiger partial charge in [-0.2, -0.15) is 0 Å². The lowest BCUT2D eigenvalue weighted by Gasteiger charge is -2.17. The van der Waals surface area contributed by atoms with E-state index in [-0.39, 0.29) is 24.3 Å². The molecule has 2 heterocycles. The molecule has 1 fully saturated rings. The molecule has 0 spiro atoms. The molecule has 0 atom stereocenters. The topological polar surface area (TPSA) is 51.5 Å². The minimum atomic E-state index is -0.260. The molecule has 0 aliphatic carbocycles. The second-order valence-electron chi connectivity index (χ2n) is 8.45. The molecule has 0 radical (unpaired) electrons. The molecule has 6 heteroatoms. The Morgan fingerprint density at radius 1 is 1.09 bits per heavy atom. The van der Waals surface area contributed by atoms with Gasteiger partial charge in [-0.1, -0.05) is 44.2 Å². The summed E-state index contributed by atoms with van der Waals surface area (Å²) in [6.07, 6.45) is 1.85. The lowest BCUT2D eigenvalue weighted by Crippen LogP contribution is -2.32. The number of carbonyl (C=O) groups excluding carboxylic acids is 2. The van der Waals surface area contributed by atoms with E-state index in [1.54, 1.807) is 0 Å². The molecule has 2 amide bonds. The van der Waals surface area contributed by atoms with Crippen molar-refractivity contribution >= 4 is 39.9 Å². The first-order chi connectivity index (χ1) is 15.3. The fraction of sp³-hybridized carbons (Fsp3) is 0.308. The van der Waals surface area contributed by atoms with E-state index in [0.717, 1.165) is 50.8 Å². The third kappa shape index (κ3) is 4.07. The first kappa shape index (κ1) is 22.2. The van der Waals surface area contributed by atoms with Gasteiger partial charge in [0.15, 0.2) is 0 Å². The Morgan fingerprint density at radius 3 is 2.59 bits per heavy atom. The first-order valence-electron chi connectivity index (χ1n) is 10.8. The summed E-state index contributed by atoms with van der Waals surface area (Å²) in [5.74, 6) is 0.882. The zero-order chi connectivity index (χ0) is 23.0. The van der Waals surface area contributed by atoms with E-state index >= 15 is 0 Å². The van der Waals surface area contributed by atoms with E-state index in [0.29, 0.717) is 10.8 Å². The number of carbonyl (C=O) groups is 2. The molecular formula is C26H28N2O3S. The van der Waals surface area contributed by atoms with Crippen LogP contribution in [0.15, 0.2) is 47.4 Å². The minimum Gasteiger partial charge on any atom is -0.491 e. The van der Waals surface area contributed by atoms with Crippen LogP contribution in [-0.4, -0.2) is 33.8 Å². The van der Waals surface area contributed by atoms with Gasteiger partial charge in [0, 0.05) is 29.2 Å². The summed E-state index contributed by atoms with van der Waals surface area (Å²) in [6, 6.07) is 14.2. The van der Waals surface area contributed by atoms with Crippen LogP contribution in [0.5, 0.6) is 5.75 Å². The zero-order valence-corrected chi connectivity index (χ0v) is 20.0. The SMILES string of the molecule is Cc1ccc(C(C)C)c(OCCN2C(=O)S/C(=C\c3c(C)n(C)c4ccccc34)C2=O)c1. The Kier molecular flexibility index (Phi) is 6.15. The van der Waals surface area contributed by atoms with Crippen molar-refractivity contribution < 1.29 is 14.3 Å². The number of ether oxygens (including phenoxy) is 1. The number of hydrogen-bond donors (Lipinski definition) is 0. The van der Waals surface area contributed by atoms with Crippen LogP contribution in [0, 0.1) is 13.8 Å². The number of aromatic nitrogens is 1. The van der Waals surface area contributed by atoms with Crippen molar-refractivity contribution in [2.24, 2.45) is 7.05 Å². The maximum Gasteiger partial charge on any atom is 0.293 e. The Bertz CT molecular complexity index is 1240. The normalized spacial score (nSPS) is 15.6. The molecule has 1 aromatic heterocycles. The number of rotatable bonds is 6. The largest absolute Gasteiger partial charge is 0.491 e. The number of para-hydroxylation sites is 1. The van der Waals surface area contributed by atoms with Gasteiger partial charge in [-0.15, -0.1) is 0 Å². The maximum atomic E-state index is 13.0. The van der Waals surface area contributed by atoms with Gasteiger partial charge in [0.1, 0.15) is 12.4 Å². The molecule has 0 unspecified atom stereocenters. The first-order valence-corrected chi connectivity index (χ1v) is 11.6. The van der Waals surface area contributed by atoms with Crippen LogP contribution in [0.3, 0.4) is 0 Å². The number of thioether (sulfide) groups is 1. The lowest BCUT2D eigenvalue weighted by molar-refractivity contribution is -0.123. The van der Waals surface area contributed by atoms with Gasteiger partial charge in [-0.05, 0) is 60.9 Å². The van der Waals surface area contributed by atoms with Crippen LogP contribution < -0.4 is 4.74 Å². The highest BCUT2D eigenvalue weighted by Gasteiger charge is 2.35. The van der Waals surface area contributed by atoms with Gasteiger partial charge >= 0.3 is 0 Å². The molecule has 32 heavy (non-hydrogen) atoms. The molecule has 2 aromatic carbocycles. The summed E-state index contributed by atoms with van der Waals surface area (Å²) < 4.78 is 8.10. The molecular weight excluding hydrogens is 420 g/mol. The average Bonchev–Trinajstić information content (AvgIpc) is 3.16. The van der Waals surface area contributed by atoms with Gasteiger partial charge in [0.2, 0.25) is 0 Å². The molecule has 0 saturated carbocycles. The molecule has 0 bridgehead atoms. The van der Waals surface area contributed by atoms with Gasteiger partial charge in [0.05, 0.1) is 11.4 Å². The number of aryl methyl sites for hydroxylation is 2. The molecule has 3 aromatic rings. The van der Waals surface area contributed by atoms with Crippen LogP contribution in [0.4, 0.5) is 4.79 Å². The highest BCUT2D eigenvalue weighted by molar-refractivity contribution is 8.18. The Balaban J connectivity index is 1.51. The fourth-order valence-corrected chi connectivity index (χ4v) is 4.89. The standard InChI is InChI=1S/C26H28N2O3S/c1-16(2)19-11-10-17(3)14-23(19)31-13-12-28-25(29)24(32-26(28)30)15-21-18(4)27(5)22-9-7-6-8-20(21)22/h6-11,14-16H,12-13H2,1-5H3/b24-15-. The molecule has 1 aliphatic heterocycles. The van der Waals surface area contributed by atoms with Crippen LogP contribution >= 0.6 is 11.8 Å². The molecule has 4 rings (SSSR count). The Morgan fingerprint density at radius 2 is 1.84 bits per heavy atom. The number of fused-ring (bicyclic) bond motifs is 1. The monoisotopic (exact) mass is 448 g/mol. The molecule has 5 nitrogen and oxygen atoms in total. The van der Waals surface area contributed by atoms with Crippen molar-refractivity contribution in [1.82, 2.24) is 9.47 Å². The molecule has 0 N–H and O–H groups in total. The predicted molar refractivity (Wildman–Crippen MR) is 131 cm³/mol. The number of nitrogens with zero attached hydrogens (tertiary/aromatic N) is 2. The smallest absolute Gasteiger partial charge is 0.293 e. The maximum absolute atomic E-state index is 13.0. The second-order valence-corrected chi connectivity index (χ2v) is 9.45. The summed E-state index contributed by atoms with van der Waals surface area (Å²) in [4.78, 5) is 27.3. The summed E-state index contributed by atoms with van der Waals surface area (Å²) in [6.45, 7) is 8.78. The summed E-state index contributed by atoms with van der Waals surface area (Å²) in [5.41, 5.74) is 5.37. The minimum absolute atomic E-state index is 0.224. The zero-order valence-electron chi connectivity index (χ0n) is 19.1. The van der Waals surface area contributed by atoms with Crippen molar-refractivity contribution in [3.8, 4) is 5.75 Å².